The summed E-state index contributed by atoms with van der Waals surface area (Å²) in [5, 5.41) is 6.74. The van der Waals surface area contributed by atoms with E-state index in [1.807, 2.05) is 4.90 Å². The second kappa shape index (κ2) is 14.4. The second-order valence-corrected chi connectivity index (χ2v) is 23.0. The van der Waals surface area contributed by atoms with Crippen LogP contribution in [0, 0.1) is 51.2 Å². The fraction of sp³-hybridized carbons (Fsp3) is 0.886. The first kappa shape index (κ1) is 41.2. The molecule has 55 heavy (non-hydrogen) atoms. The molecule has 2 amide bonds. The number of carbonyl (C=O) groups is 3. The van der Waals surface area contributed by atoms with E-state index in [0.717, 1.165) is 45.3 Å². The lowest BCUT2D eigenvalue weighted by Gasteiger charge is -2.73. The maximum atomic E-state index is 13.9. The van der Waals surface area contributed by atoms with Crippen molar-refractivity contribution in [1.82, 2.24) is 20.4 Å². The quantitative estimate of drug-likeness (QED) is 0.124. The van der Waals surface area contributed by atoms with Crippen LogP contribution in [0.15, 0.2) is 12.2 Å². The van der Waals surface area contributed by atoms with Crippen LogP contribution in [0.5, 0.6) is 0 Å². The first-order valence-corrected chi connectivity index (χ1v) is 23.7. The van der Waals surface area contributed by atoms with E-state index >= 15 is 0 Å². The summed E-state index contributed by atoms with van der Waals surface area (Å²) < 4.78 is 29.0. The summed E-state index contributed by atoms with van der Waals surface area (Å²) in [4.78, 5) is 44.1. The summed E-state index contributed by atoms with van der Waals surface area (Å²) >= 11 is 0. The molecule has 0 aromatic heterocycles. The highest BCUT2D eigenvalue weighted by atomic mass is 32.2. The molecule has 0 aromatic rings. The van der Waals surface area contributed by atoms with Crippen molar-refractivity contribution in [2.75, 3.05) is 57.4 Å². The van der Waals surface area contributed by atoms with Crippen LogP contribution in [-0.2, 0) is 29.0 Å². The van der Waals surface area contributed by atoms with Crippen molar-refractivity contribution in [3.05, 3.63) is 12.2 Å². The van der Waals surface area contributed by atoms with Gasteiger partial charge in [-0.05, 0) is 169 Å². The number of ether oxygens (including phenoxy) is 1. The number of fused-ring (bicyclic) bond motifs is 7. The lowest BCUT2D eigenvalue weighted by Crippen LogP contribution is -2.71. The minimum absolute atomic E-state index is 0.0540. The number of nitrogens with one attached hydrogen (secondary N) is 2. The van der Waals surface area contributed by atoms with E-state index in [-0.39, 0.29) is 34.2 Å². The monoisotopic (exact) mass is 785 g/mol. The summed E-state index contributed by atoms with van der Waals surface area (Å²) in [6, 6.07) is 0. The number of hydrogen-bond acceptors (Lipinski definition) is 8. The number of carbonyl (C=O) groups excluding carboxylic acids is 3. The summed E-state index contributed by atoms with van der Waals surface area (Å²) in [6.45, 7) is 26.0. The molecular formula is C44H72N4O6S. The number of sulfone groups is 1. The minimum atomic E-state index is -2.85. The van der Waals surface area contributed by atoms with Gasteiger partial charge in [-0.3, -0.25) is 9.59 Å². The number of amides is 2. The molecule has 0 unspecified atom stereocenters. The van der Waals surface area contributed by atoms with Crippen LogP contribution in [0.25, 0.3) is 0 Å². The number of allylic oxidation sites excluding steroid dienone is 1. The van der Waals surface area contributed by atoms with Gasteiger partial charge in [-0.2, -0.15) is 0 Å². The van der Waals surface area contributed by atoms with Gasteiger partial charge in [0.25, 0.3) is 0 Å². The first-order chi connectivity index (χ1) is 25.8. The van der Waals surface area contributed by atoms with Gasteiger partial charge in [-0.15, -0.1) is 0 Å². The van der Waals surface area contributed by atoms with Crippen LogP contribution in [0.3, 0.4) is 0 Å². The van der Waals surface area contributed by atoms with E-state index in [1.165, 1.54) is 44.1 Å². The van der Waals surface area contributed by atoms with Gasteiger partial charge in [0.05, 0.1) is 18.1 Å². The van der Waals surface area contributed by atoms with Crippen LogP contribution in [0.1, 0.15) is 126 Å². The molecule has 0 aromatic carbocycles. The molecule has 0 bridgehead atoms. The Balaban J connectivity index is 1.04. The average Bonchev–Trinajstić information content (AvgIpc) is 3.80. The third-order valence-corrected chi connectivity index (χ3v) is 19.5. The predicted octanol–water partition coefficient (Wildman–Crippen LogP) is 5.76. The molecule has 0 spiro atoms. The molecule has 9 atom stereocenters. The molecule has 11 heteroatoms. The van der Waals surface area contributed by atoms with Crippen molar-refractivity contribution < 1.29 is 27.5 Å². The molecule has 310 valence electrons. The van der Waals surface area contributed by atoms with Crippen LogP contribution in [0.2, 0.25) is 0 Å². The molecule has 7 fully saturated rings. The first-order valence-electron chi connectivity index (χ1n) is 21.9. The molecule has 2 aliphatic heterocycles. The smallest absolute Gasteiger partial charge is 0.331 e. The van der Waals surface area contributed by atoms with Gasteiger partial charge in [0.15, 0.2) is 9.84 Å². The van der Waals surface area contributed by atoms with Crippen LogP contribution >= 0.6 is 0 Å². The van der Waals surface area contributed by atoms with Gasteiger partial charge in [-0.25, -0.2) is 13.2 Å². The fourth-order valence-electron chi connectivity index (χ4n) is 14.6. The van der Waals surface area contributed by atoms with E-state index in [0.29, 0.717) is 67.7 Å². The van der Waals surface area contributed by atoms with Crippen molar-refractivity contribution in [3.63, 3.8) is 0 Å². The third kappa shape index (κ3) is 6.73. The van der Waals surface area contributed by atoms with Crippen molar-refractivity contribution in [1.29, 1.82) is 0 Å². The zero-order chi connectivity index (χ0) is 39.8. The lowest BCUT2D eigenvalue weighted by molar-refractivity contribution is -0.240. The van der Waals surface area contributed by atoms with Gasteiger partial charge in [-0.1, -0.05) is 32.9 Å². The van der Waals surface area contributed by atoms with Gasteiger partial charge in [0.2, 0.25) is 0 Å². The van der Waals surface area contributed by atoms with Crippen molar-refractivity contribution in [2.45, 2.75) is 137 Å². The normalized spacial score (nSPS) is 41.1. The van der Waals surface area contributed by atoms with E-state index in [9.17, 15) is 22.8 Å². The number of nitrogens with zero attached hydrogens (tertiary/aromatic N) is 2. The van der Waals surface area contributed by atoms with Gasteiger partial charge < -0.3 is 25.2 Å². The molecular weight excluding hydrogens is 713 g/mol. The Hall–Kier alpha value is -1.98. The van der Waals surface area contributed by atoms with E-state index in [4.69, 9.17) is 4.74 Å². The van der Waals surface area contributed by atoms with Crippen LogP contribution in [-0.4, -0.2) is 104 Å². The maximum Gasteiger partial charge on any atom is 0.331 e. The largest absolute Gasteiger partial charge is 0.464 e. The minimum Gasteiger partial charge on any atom is -0.464 e. The molecule has 5 aliphatic carbocycles. The number of piperidine rings is 1. The van der Waals surface area contributed by atoms with E-state index in [2.05, 4.69) is 63.7 Å². The zero-order valence-electron chi connectivity index (χ0n) is 35.2. The topological polar surface area (TPSA) is 125 Å². The van der Waals surface area contributed by atoms with Crippen molar-refractivity contribution in [2.24, 2.45) is 51.2 Å². The number of hydrogen-bond donors (Lipinski definition) is 2. The van der Waals surface area contributed by atoms with Gasteiger partial charge >= 0.3 is 17.8 Å². The lowest BCUT2D eigenvalue weighted by atomic mass is 9.33. The summed E-state index contributed by atoms with van der Waals surface area (Å²) in [7, 11) is -2.85. The molecule has 0 radical (unpaired) electrons. The second-order valence-electron chi connectivity index (χ2n) is 20.7. The molecule has 2 N–H and O–H groups in total. The van der Waals surface area contributed by atoms with Crippen LogP contribution in [0.4, 0.5) is 0 Å². The molecule has 5 saturated carbocycles. The molecule has 2 saturated heterocycles. The zero-order valence-corrected chi connectivity index (χ0v) is 36.0. The van der Waals surface area contributed by atoms with E-state index < -0.39 is 38.7 Å². The Kier molecular flexibility index (Phi) is 10.8. The van der Waals surface area contributed by atoms with Gasteiger partial charge in [0.1, 0.15) is 5.54 Å². The van der Waals surface area contributed by atoms with Crippen molar-refractivity contribution in [3.8, 4) is 0 Å². The number of rotatable bonds is 10. The molecule has 2 heterocycles. The molecule has 7 rings (SSSR count). The van der Waals surface area contributed by atoms with Crippen molar-refractivity contribution >= 4 is 27.6 Å². The Bertz CT molecular complexity index is 1650. The maximum absolute atomic E-state index is 13.9. The fourth-order valence-corrected chi connectivity index (χ4v) is 15.8. The number of likely N-dealkylation sites (tertiary alicyclic amines) is 1. The van der Waals surface area contributed by atoms with Gasteiger partial charge in [0, 0.05) is 31.7 Å². The highest BCUT2D eigenvalue weighted by Gasteiger charge is 2.71. The molecule has 10 nitrogen and oxygen atoms in total. The summed E-state index contributed by atoms with van der Waals surface area (Å²) in [5.74, 6) is 1.62. The molecule has 7 aliphatic rings. The Labute approximate surface area is 332 Å². The highest BCUT2D eigenvalue weighted by Crippen LogP contribution is 2.76. The summed E-state index contributed by atoms with van der Waals surface area (Å²) in [6.07, 6.45) is 12.6. The Morgan fingerprint density at radius 3 is 2.20 bits per heavy atom. The SMILES string of the molecule is C=C(C)[C@@H]1CC[C@]2(CNCCCN3CCS(=O)(=O)CC3)CC[C@]3(C)[C@H](CC[C@@H]4[C@@]5(C)CCN(C(=O)C(=O)NC6(C(=O)OCC)CC6)C(C)(C)[C@@H]5CC[C@]43C)[C@@H]12. The van der Waals surface area contributed by atoms with Crippen LogP contribution < -0.4 is 10.6 Å². The highest BCUT2D eigenvalue weighted by molar-refractivity contribution is 7.91. The number of esters is 1. The van der Waals surface area contributed by atoms with E-state index in [1.54, 1.807) is 6.92 Å². The Morgan fingerprint density at radius 1 is 0.836 bits per heavy atom. The predicted molar refractivity (Wildman–Crippen MR) is 216 cm³/mol. The average molecular weight is 785 g/mol. The third-order valence-electron chi connectivity index (χ3n) is 17.9. The Morgan fingerprint density at radius 2 is 1.55 bits per heavy atom. The summed E-state index contributed by atoms with van der Waals surface area (Å²) in [5.41, 5.74) is 0.565. The standard InChI is InChI=1S/C44H72N4O6S/c1-9-54-38(51)44(19-20-44)46-36(49)37(50)48-24-21-40(6)33(39(48,4)5)14-15-42(8)34(40)12-11-32-35-31(30(2)3)13-16-43(35,18-17-41(32,42)7)29-45-22-10-23-47-25-27-55(52,53)28-26-47/h31-35,45H,2,9-29H2,1,3-8H3,(H,46,49)/t31-,32+,33-,34+,35+,40-,41+,42+,43+/m0/s1.